The first-order chi connectivity index (χ1) is 61.3. The fourth-order valence-electron chi connectivity index (χ4n) is 9.02. The zero-order valence-electron chi connectivity index (χ0n) is 83.8. The van der Waals surface area contributed by atoms with Gasteiger partial charge >= 0.3 is 5.69 Å². The molecular weight excluding hydrogens is 1670 g/mol. The number of aryl methyl sites for hydroxylation is 33. The van der Waals surface area contributed by atoms with Crippen molar-refractivity contribution in [2.75, 3.05) is 0 Å². The van der Waals surface area contributed by atoms with E-state index in [0.29, 0.717) is 0 Å². The number of rotatable bonds is 0. The number of oxazole rings is 1. The zero-order valence-corrected chi connectivity index (χ0v) is 85.5. The van der Waals surface area contributed by atoms with Crippen LogP contribution in [0.15, 0.2) is 234 Å². The molecule has 0 radical (unpaired) electrons. The first-order valence-corrected chi connectivity index (χ1v) is 43.5. The number of nitrogens with zero attached hydrogens (tertiary/aromatic N) is 28. The van der Waals surface area contributed by atoms with E-state index in [9.17, 15) is 4.79 Å². The zero-order chi connectivity index (χ0) is 98.0. The lowest BCUT2D eigenvalue weighted by Gasteiger charge is -1.99. The van der Waals surface area contributed by atoms with Gasteiger partial charge in [0.05, 0.1) is 46.3 Å². The number of hydrogen-bond acceptors (Lipinski definition) is 21. The fourth-order valence-corrected chi connectivity index (χ4v) is 9.90. The first kappa shape index (κ1) is 114. The summed E-state index contributed by atoms with van der Waals surface area (Å²) < 4.78 is 31.4. The summed E-state index contributed by atoms with van der Waals surface area (Å²) in [5.41, 5.74) is 22.0. The Hall–Kier alpha value is -13.7. The first-order valence-electron chi connectivity index (χ1n) is 41.8. The van der Waals surface area contributed by atoms with Crippen molar-refractivity contribution in [3.05, 3.63) is 365 Å². The molecule has 0 aromatic carbocycles. The summed E-state index contributed by atoms with van der Waals surface area (Å²) >= 11 is 3.33. The average molecular weight is 1810 g/mol. The largest absolute Gasteiger partial charge is 0.469 e. The summed E-state index contributed by atoms with van der Waals surface area (Å²) in [7, 11) is 22.8. The Balaban J connectivity index is 0.000000689. The summed E-state index contributed by atoms with van der Waals surface area (Å²) in [6.07, 6.45) is 39.6. The standard InChI is InChI=1S/3C8H11N.2C7H11N.C6H8O.C5H8N2O.6C5H8N2.C4H5NO.2C4H5NS.2C3H5N3/c1-6-4-5-9-8(3)7(6)2;2*1-6-4-5-7(2)9-8(6)3;2*1-6-4-5-8(3)7(6)2;1-5-3-4-7-6(5)2;1-6-3-4-7(2)5(6)8;2*1-5-6-3-4-7(5)2;2*1-5-3-4-7(2)6-5;2*1-5-3-4-6-7(5)2;3*1-4-5-2-3-6-4;2*1-6-3-2-4-5-6/h3*4-5H,1-3H3;2*4-5H,1-3H3;3-4H,1-2H3;3-4H,1-2H3;6*3-4H,1-2H3;5*2-3H,1H3. The van der Waals surface area contributed by atoms with Gasteiger partial charge in [-0.05, 0) is 259 Å². The number of furan rings is 1. The Morgan fingerprint density at radius 2 is 0.715 bits per heavy atom. The molecule has 31 nitrogen and oxygen atoms in total. The second kappa shape index (κ2) is 64.1. The van der Waals surface area contributed by atoms with E-state index in [2.05, 4.69) is 196 Å². The lowest BCUT2D eigenvalue weighted by molar-refractivity contribution is 0.521. The molecule has 0 bridgehead atoms. The minimum absolute atomic E-state index is 0.0185. The van der Waals surface area contributed by atoms with Crippen LogP contribution in [-0.4, -0.2) is 136 Å². The lowest BCUT2D eigenvalue weighted by atomic mass is 10.1. The third-order valence-electron chi connectivity index (χ3n) is 18.9. The van der Waals surface area contributed by atoms with E-state index in [1.165, 1.54) is 70.9 Å². The van der Waals surface area contributed by atoms with Crippen LogP contribution >= 0.6 is 22.7 Å². The molecule has 18 aromatic rings. The van der Waals surface area contributed by atoms with Gasteiger partial charge in [-0.2, -0.15) is 20.4 Å². The second-order valence-corrected chi connectivity index (χ2v) is 32.0. The van der Waals surface area contributed by atoms with E-state index >= 15 is 0 Å². The van der Waals surface area contributed by atoms with E-state index < -0.39 is 0 Å². The van der Waals surface area contributed by atoms with Crippen LogP contribution in [0.25, 0.3) is 0 Å². The molecular formula is C97H144N28O3S2. The van der Waals surface area contributed by atoms with Gasteiger partial charge in [0.1, 0.15) is 23.7 Å². The number of pyridine rings is 3. The average Bonchev–Trinajstić information content (AvgIpc) is 1.51. The number of thiazole rings is 2. The molecule has 130 heavy (non-hydrogen) atoms. The van der Waals surface area contributed by atoms with Crippen molar-refractivity contribution in [1.82, 2.24) is 136 Å². The molecule has 0 N–H and O–H groups in total. The maximum atomic E-state index is 10.7. The minimum Gasteiger partial charge on any atom is -0.469 e. The molecule has 18 rings (SSSR count). The summed E-state index contributed by atoms with van der Waals surface area (Å²) in [4.78, 5) is 43.0. The van der Waals surface area contributed by atoms with Crippen LogP contribution in [0.4, 0.5) is 0 Å². The Morgan fingerprint density at radius 3 is 0.846 bits per heavy atom. The maximum Gasteiger partial charge on any atom is 0.327 e. The van der Waals surface area contributed by atoms with Crippen LogP contribution in [0.1, 0.15) is 135 Å². The molecule has 0 saturated carbocycles. The number of aromatic nitrogens is 28. The predicted octanol–water partition coefficient (Wildman–Crippen LogP) is 18.8. The highest BCUT2D eigenvalue weighted by molar-refractivity contribution is 7.09. The molecule has 0 saturated heterocycles. The highest BCUT2D eigenvalue weighted by atomic mass is 32.1. The Morgan fingerprint density at radius 1 is 0.292 bits per heavy atom. The molecule has 702 valence electrons. The van der Waals surface area contributed by atoms with Gasteiger partial charge < -0.3 is 36.2 Å². The molecule has 0 unspecified atom stereocenters. The van der Waals surface area contributed by atoms with Gasteiger partial charge in [-0.15, -0.1) is 32.9 Å². The quantitative estimate of drug-likeness (QED) is 0.136. The van der Waals surface area contributed by atoms with Gasteiger partial charge in [-0.3, -0.25) is 53.0 Å². The molecule has 0 aliphatic rings. The monoisotopic (exact) mass is 1810 g/mol. The van der Waals surface area contributed by atoms with Crippen molar-refractivity contribution in [1.29, 1.82) is 0 Å². The van der Waals surface area contributed by atoms with Gasteiger partial charge in [0.2, 0.25) is 0 Å². The van der Waals surface area contributed by atoms with Crippen molar-refractivity contribution < 1.29 is 8.83 Å². The lowest BCUT2D eigenvalue weighted by Crippen LogP contribution is -2.18. The van der Waals surface area contributed by atoms with Crippen molar-refractivity contribution >= 4 is 22.7 Å². The molecule has 18 heterocycles. The van der Waals surface area contributed by atoms with Crippen LogP contribution in [0.3, 0.4) is 0 Å². The van der Waals surface area contributed by atoms with Crippen LogP contribution in [0, 0.1) is 166 Å². The molecule has 0 spiro atoms. The molecule has 0 amide bonds. The van der Waals surface area contributed by atoms with Crippen LogP contribution in [0.5, 0.6) is 0 Å². The van der Waals surface area contributed by atoms with Gasteiger partial charge in [-0.25, -0.2) is 19.7 Å². The van der Waals surface area contributed by atoms with E-state index in [1.807, 2.05) is 269 Å². The van der Waals surface area contributed by atoms with E-state index in [-0.39, 0.29) is 5.69 Å². The molecule has 0 atom stereocenters. The Kier molecular flexibility index (Phi) is 56.4. The Bertz CT molecular complexity index is 5150. The van der Waals surface area contributed by atoms with Crippen LogP contribution in [-0.2, 0) is 84.6 Å². The molecule has 0 fully saturated rings. The summed E-state index contributed by atoms with van der Waals surface area (Å²) in [5, 5.41) is 36.4. The van der Waals surface area contributed by atoms with Crippen molar-refractivity contribution in [2.45, 2.75) is 166 Å². The van der Waals surface area contributed by atoms with Gasteiger partial charge in [0, 0.05) is 259 Å². The normalized spacial score (nSPS) is 9.42. The van der Waals surface area contributed by atoms with Crippen molar-refractivity contribution in [3.8, 4) is 0 Å². The van der Waals surface area contributed by atoms with E-state index in [4.69, 9.17) is 8.83 Å². The maximum absolute atomic E-state index is 10.7. The topological polar surface area (TPSA) is 309 Å². The second-order valence-electron chi connectivity index (χ2n) is 29.8. The SMILES string of the molecule is Cc1ccc(C)c(C)n1.Cc1ccc(C)c(C)n1.Cc1ccn(C)c1C.Cc1ccn(C)c1C.Cc1ccn(C)n1.Cc1ccn(C)n1.Cc1ccnc(C)c1C.Cc1ccnn1C.Cc1ccnn1C.Cc1ccoc1C.Cc1nccn1C.Cc1nccn1C.Cc1ncco1.Cc1nccs1.Cc1nccs1.Cn1ccn(C)c1=O.Cn1ccnn1.Cn1ccnn1. The summed E-state index contributed by atoms with van der Waals surface area (Å²) in [6, 6.07) is 24.4. The van der Waals surface area contributed by atoms with Gasteiger partial charge in [0.15, 0.2) is 5.89 Å². The third-order valence-corrected chi connectivity index (χ3v) is 20.3. The molecule has 0 aliphatic heterocycles. The predicted molar refractivity (Wildman–Crippen MR) is 529 cm³/mol. The van der Waals surface area contributed by atoms with Crippen LogP contribution < -0.4 is 5.69 Å². The minimum atomic E-state index is 0.0185. The smallest absolute Gasteiger partial charge is 0.327 e. The molecule has 0 aliphatic carbocycles. The Labute approximate surface area is 779 Å². The number of hydrogen-bond donors (Lipinski definition) is 0. The fraction of sp³-hybridized carbons (Fsp3) is 0.371. The van der Waals surface area contributed by atoms with Crippen molar-refractivity contribution in [2.24, 2.45) is 84.6 Å². The van der Waals surface area contributed by atoms with E-state index in [0.717, 1.165) is 73.2 Å². The van der Waals surface area contributed by atoms with Gasteiger partial charge in [0.25, 0.3) is 0 Å². The van der Waals surface area contributed by atoms with Crippen LogP contribution in [0.2, 0.25) is 0 Å². The molecule has 18 aromatic heterocycles. The highest BCUT2D eigenvalue weighted by Crippen LogP contribution is 2.10. The number of imidazole rings is 3. The highest BCUT2D eigenvalue weighted by Gasteiger charge is 1.98. The summed E-state index contributed by atoms with van der Waals surface area (Å²) in [5.74, 6) is 3.84. The van der Waals surface area contributed by atoms with E-state index in [1.54, 1.807) is 156 Å². The van der Waals surface area contributed by atoms with Gasteiger partial charge in [-0.1, -0.05) is 22.6 Å². The third kappa shape index (κ3) is 51.8. The van der Waals surface area contributed by atoms with Crippen molar-refractivity contribution in [3.63, 3.8) is 0 Å². The molecule has 33 heteroatoms. The summed E-state index contributed by atoms with van der Waals surface area (Å²) in [6.45, 7) is 48.6.